The number of rotatable bonds is 7. The molecule has 1 heterocycles. The first-order valence-electron chi connectivity index (χ1n) is 8.68. The van der Waals surface area contributed by atoms with Crippen LogP contribution in [0.5, 0.6) is 11.6 Å². The maximum atomic E-state index is 15.2. The summed E-state index contributed by atoms with van der Waals surface area (Å²) in [4.78, 5) is 18.3. The molecule has 0 bridgehead atoms. The summed E-state index contributed by atoms with van der Waals surface area (Å²) >= 11 is 6.09. The van der Waals surface area contributed by atoms with E-state index in [9.17, 15) is 9.00 Å². The van der Waals surface area contributed by atoms with Crippen LogP contribution < -0.4 is 14.8 Å². The van der Waals surface area contributed by atoms with Crippen molar-refractivity contribution >= 4 is 34.5 Å². The van der Waals surface area contributed by atoms with E-state index >= 15 is 4.39 Å². The Kier molecular flexibility index (Phi) is 7.50. The molecule has 1 aromatic heterocycles. The standard InChI is InChI=1S/C18H22ClFN4O4S/c1-5-12(24-29(27)18(2,3)4)10-6-7-11(19)16(15(10)20)28-14-9-21-13(8-22-14)23-17(25)26/h6-9,12,24H,5H2,1-4H3,(H,21,23)(H,25,26)/t12-,29-/m1/s1. The largest absolute Gasteiger partial charge is 0.465 e. The van der Waals surface area contributed by atoms with Gasteiger partial charge in [-0.2, -0.15) is 0 Å². The molecule has 2 rings (SSSR count). The van der Waals surface area contributed by atoms with Gasteiger partial charge in [-0.3, -0.25) is 5.32 Å². The Morgan fingerprint density at radius 3 is 2.55 bits per heavy atom. The second-order valence-corrected chi connectivity index (χ2v) is 9.42. The topological polar surface area (TPSA) is 113 Å². The zero-order valence-electron chi connectivity index (χ0n) is 16.3. The van der Waals surface area contributed by atoms with E-state index in [0.29, 0.717) is 6.42 Å². The highest BCUT2D eigenvalue weighted by molar-refractivity contribution is 7.84. The molecule has 0 aliphatic carbocycles. The smallest absolute Gasteiger partial charge is 0.410 e. The number of nitrogens with zero attached hydrogens (tertiary/aromatic N) is 2. The van der Waals surface area contributed by atoms with Crippen molar-refractivity contribution < 1.29 is 23.2 Å². The predicted molar refractivity (Wildman–Crippen MR) is 109 cm³/mol. The van der Waals surface area contributed by atoms with E-state index < -0.39 is 33.7 Å². The van der Waals surface area contributed by atoms with Crippen LogP contribution in [0.25, 0.3) is 0 Å². The summed E-state index contributed by atoms with van der Waals surface area (Å²) in [6, 6.07) is 2.47. The number of aromatic nitrogens is 2. The molecule has 0 radical (unpaired) electrons. The summed E-state index contributed by atoms with van der Waals surface area (Å²) in [7, 11) is -1.40. The maximum absolute atomic E-state index is 15.2. The molecule has 0 aliphatic rings. The zero-order chi connectivity index (χ0) is 21.8. The summed E-state index contributed by atoms with van der Waals surface area (Å²) < 4.78 is 35.5. The molecule has 3 N–H and O–H groups in total. The van der Waals surface area contributed by atoms with Crippen molar-refractivity contribution in [1.29, 1.82) is 0 Å². The van der Waals surface area contributed by atoms with Gasteiger partial charge in [0.25, 0.3) is 0 Å². The molecule has 1 amide bonds. The van der Waals surface area contributed by atoms with Crippen molar-refractivity contribution in [1.82, 2.24) is 14.7 Å². The fraction of sp³-hybridized carbons (Fsp3) is 0.389. The fourth-order valence-electron chi connectivity index (χ4n) is 2.23. The lowest BCUT2D eigenvalue weighted by atomic mass is 10.0. The lowest BCUT2D eigenvalue weighted by molar-refractivity contribution is 0.209. The van der Waals surface area contributed by atoms with Crippen molar-refractivity contribution in [3.8, 4) is 11.6 Å². The average molecular weight is 445 g/mol. The number of carboxylic acid groups (broad SMARTS) is 1. The third-order valence-corrected chi connectivity index (χ3v) is 5.65. The fourth-order valence-corrected chi connectivity index (χ4v) is 3.32. The summed E-state index contributed by atoms with van der Waals surface area (Å²) in [5.74, 6) is -1.04. The number of halogens is 2. The molecule has 0 aliphatic heterocycles. The first kappa shape index (κ1) is 23.0. The molecular formula is C18H22ClFN4O4S. The summed E-state index contributed by atoms with van der Waals surface area (Å²) in [5.41, 5.74) is 0.252. The van der Waals surface area contributed by atoms with Gasteiger partial charge in [0, 0.05) is 11.6 Å². The number of hydrogen-bond donors (Lipinski definition) is 3. The molecule has 0 unspecified atom stereocenters. The van der Waals surface area contributed by atoms with Crippen LogP contribution in [0.1, 0.15) is 45.7 Å². The summed E-state index contributed by atoms with van der Waals surface area (Å²) in [6.45, 7) is 7.29. The number of carbonyl (C=O) groups is 1. The van der Waals surface area contributed by atoms with Gasteiger partial charge in [-0.15, -0.1) is 0 Å². The highest BCUT2D eigenvalue weighted by atomic mass is 35.5. The molecule has 0 saturated heterocycles. The van der Waals surface area contributed by atoms with Gasteiger partial charge < -0.3 is 9.84 Å². The van der Waals surface area contributed by atoms with Crippen LogP contribution in [0.2, 0.25) is 5.02 Å². The van der Waals surface area contributed by atoms with Gasteiger partial charge in [0.1, 0.15) is 0 Å². The second kappa shape index (κ2) is 9.47. The number of amides is 1. The molecule has 1 aromatic carbocycles. The van der Waals surface area contributed by atoms with Crippen molar-refractivity contribution in [2.75, 3.05) is 5.32 Å². The van der Waals surface area contributed by atoms with Gasteiger partial charge in [0.05, 0.1) is 33.1 Å². The Morgan fingerprint density at radius 1 is 1.34 bits per heavy atom. The van der Waals surface area contributed by atoms with E-state index in [1.54, 1.807) is 0 Å². The molecule has 2 aromatic rings. The SMILES string of the molecule is CC[C@@H](N[S@](=O)C(C)(C)C)c1ccc(Cl)c(Oc2cnc(NC(=O)O)cn2)c1F. The van der Waals surface area contributed by atoms with E-state index in [1.807, 2.05) is 33.0 Å². The molecule has 29 heavy (non-hydrogen) atoms. The number of nitrogens with one attached hydrogen (secondary N) is 2. The highest BCUT2D eigenvalue weighted by Crippen LogP contribution is 2.36. The third kappa shape index (κ3) is 6.09. The zero-order valence-corrected chi connectivity index (χ0v) is 17.9. The van der Waals surface area contributed by atoms with Crippen molar-refractivity contribution in [2.45, 2.75) is 44.9 Å². The Morgan fingerprint density at radius 2 is 2.03 bits per heavy atom. The van der Waals surface area contributed by atoms with E-state index in [4.69, 9.17) is 21.4 Å². The maximum Gasteiger partial charge on any atom is 0.410 e. The summed E-state index contributed by atoms with van der Waals surface area (Å²) in [6.07, 6.45) is 1.45. The highest BCUT2D eigenvalue weighted by Gasteiger charge is 2.26. The normalized spacial score (nSPS) is 13.6. The number of benzene rings is 1. The van der Waals surface area contributed by atoms with Crippen LogP contribution >= 0.6 is 11.6 Å². The summed E-state index contributed by atoms with van der Waals surface area (Å²) in [5, 5.41) is 10.7. The molecule has 2 atom stereocenters. The molecule has 0 spiro atoms. The third-order valence-electron chi connectivity index (χ3n) is 3.74. The van der Waals surface area contributed by atoms with Crippen LogP contribution in [-0.2, 0) is 11.0 Å². The number of ether oxygens (including phenoxy) is 1. The Balaban J connectivity index is 2.30. The molecule has 0 fully saturated rings. The molecule has 8 nitrogen and oxygen atoms in total. The minimum atomic E-state index is -1.40. The number of hydrogen-bond acceptors (Lipinski definition) is 5. The van der Waals surface area contributed by atoms with Gasteiger partial charge in [-0.1, -0.05) is 24.6 Å². The Hall–Kier alpha value is -2.30. The van der Waals surface area contributed by atoms with E-state index in [2.05, 4.69) is 14.7 Å². The van der Waals surface area contributed by atoms with Crippen LogP contribution in [0.15, 0.2) is 24.5 Å². The lowest BCUT2D eigenvalue weighted by Crippen LogP contribution is -2.35. The first-order chi connectivity index (χ1) is 13.5. The van der Waals surface area contributed by atoms with Gasteiger partial charge in [-0.05, 0) is 33.3 Å². The van der Waals surface area contributed by atoms with Crippen LogP contribution in [0.4, 0.5) is 15.0 Å². The van der Waals surface area contributed by atoms with E-state index in [0.717, 1.165) is 12.4 Å². The monoisotopic (exact) mass is 444 g/mol. The Labute approximate surface area is 175 Å². The van der Waals surface area contributed by atoms with Gasteiger partial charge in [-0.25, -0.2) is 28.1 Å². The van der Waals surface area contributed by atoms with Crippen LogP contribution in [0.3, 0.4) is 0 Å². The van der Waals surface area contributed by atoms with E-state index in [1.165, 1.54) is 12.1 Å². The average Bonchev–Trinajstić information content (AvgIpc) is 2.63. The van der Waals surface area contributed by atoms with Crippen molar-refractivity contribution in [2.24, 2.45) is 0 Å². The van der Waals surface area contributed by atoms with Gasteiger partial charge in [0.2, 0.25) is 5.88 Å². The minimum Gasteiger partial charge on any atom is -0.465 e. The molecule has 158 valence electrons. The lowest BCUT2D eigenvalue weighted by Gasteiger charge is -2.24. The van der Waals surface area contributed by atoms with E-state index in [-0.39, 0.29) is 28.0 Å². The number of anilines is 1. The van der Waals surface area contributed by atoms with Crippen LogP contribution in [-0.4, -0.2) is 30.1 Å². The van der Waals surface area contributed by atoms with Crippen molar-refractivity contribution in [3.63, 3.8) is 0 Å². The minimum absolute atomic E-state index is 0.00919. The first-order valence-corrected chi connectivity index (χ1v) is 10.2. The van der Waals surface area contributed by atoms with Crippen LogP contribution in [0, 0.1) is 5.82 Å². The quantitative estimate of drug-likeness (QED) is 0.572. The second-order valence-electron chi connectivity index (χ2n) is 7.01. The van der Waals surface area contributed by atoms with Crippen molar-refractivity contribution in [3.05, 3.63) is 40.9 Å². The van der Waals surface area contributed by atoms with Gasteiger partial charge >= 0.3 is 6.09 Å². The molecule has 0 saturated carbocycles. The molecular weight excluding hydrogens is 423 g/mol. The molecule has 11 heteroatoms. The Bertz CT molecular complexity index is 906. The van der Waals surface area contributed by atoms with Gasteiger partial charge in [0.15, 0.2) is 17.4 Å². The predicted octanol–water partition coefficient (Wildman–Crippen LogP) is 4.65.